The topological polar surface area (TPSA) is 104 Å². The highest BCUT2D eigenvalue weighted by Gasteiger charge is 2.21. The number of aliphatic hydroxyl groups is 1. The molecule has 0 radical (unpaired) electrons. The van der Waals surface area contributed by atoms with Gasteiger partial charge in [0.2, 0.25) is 0 Å². The minimum atomic E-state index is -1.04. The summed E-state index contributed by atoms with van der Waals surface area (Å²) in [5.74, 6) is -0.981. The first-order chi connectivity index (χ1) is 9.70. The van der Waals surface area contributed by atoms with Crippen molar-refractivity contribution in [2.45, 2.75) is 6.04 Å². The van der Waals surface area contributed by atoms with Gasteiger partial charge in [0.1, 0.15) is 6.04 Å². The van der Waals surface area contributed by atoms with Gasteiger partial charge in [-0.25, -0.2) is 4.98 Å². The Bertz CT molecular complexity index is 574. The molecule has 7 nitrogen and oxygen atoms in total. The van der Waals surface area contributed by atoms with Crippen molar-refractivity contribution in [2.75, 3.05) is 11.9 Å². The minimum Gasteiger partial charge on any atom is -0.394 e. The van der Waals surface area contributed by atoms with Gasteiger partial charge in [0, 0.05) is 29.5 Å². The number of hydrogen-bond donors (Lipinski definition) is 3. The smallest absolute Gasteiger partial charge is 0.252 e. The fourth-order valence-corrected chi connectivity index (χ4v) is 1.95. The molecule has 2 heterocycles. The second-order valence-electron chi connectivity index (χ2n) is 3.77. The predicted molar refractivity (Wildman–Crippen MR) is 73.3 cm³/mol. The lowest BCUT2D eigenvalue weighted by Crippen LogP contribution is -2.46. The normalized spacial score (nSPS) is 11.7. The Morgan fingerprint density at radius 1 is 1.30 bits per heavy atom. The first-order valence-electron chi connectivity index (χ1n) is 5.73. The highest BCUT2D eigenvalue weighted by Crippen LogP contribution is 2.10. The molecule has 0 aliphatic rings. The van der Waals surface area contributed by atoms with Gasteiger partial charge in [-0.3, -0.25) is 14.6 Å². The Balaban J connectivity index is 1.98. The van der Waals surface area contributed by atoms with E-state index in [2.05, 4.69) is 20.6 Å². The lowest BCUT2D eigenvalue weighted by Gasteiger charge is -2.15. The highest BCUT2D eigenvalue weighted by molar-refractivity contribution is 7.13. The zero-order valence-electron chi connectivity index (χ0n) is 10.3. The van der Waals surface area contributed by atoms with E-state index < -0.39 is 24.5 Å². The highest BCUT2D eigenvalue weighted by atomic mass is 32.1. The molecule has 2 aromatic rings. The second kappa shape index (κ2) is 6.73. The number of pyridine rings is 1. The number of nitrogens with one attached hydrogen (secondary N) is 2. The quantitative estimate of drug-likeness (QED) is 0.733. The van der Waals surface area contributed by atoms with E-state index in [0.29, 0.717) is 10.7 Å². The molecular weight excluding hydrogens is 280 g/mol. The van der Waals surface area contributed by atoms with Crippen LogP contribution in [0.4, 0.5) is 5.13 Å². The van der Waals surface area contributed by atoms with Crippen LogP contribution in [0.1, 0.15) is 10.4 Å². The molecule has 0 saturated heterocycles. The molecule has 0 spiro atoms. The Hall–Kier alpha value is -2.32. The van der Waals surface area contributed by atoms with Crippen molar-refractivity contribution in [2.24, 2.45) is 0 Å². The Kier molecular flexibility index (Phi) is 4.75. The van der Waals surface area contributed by atoms with Gasteiger partial charge in [0.25, 0.3) is 11.8 Å². The zero-order valence-corrected chi connectivity index (χ0v) is 11.1. The van der Waals surface area contributed by atoms with Gasteiger partial charge in [-0.15, -0.1) is 11.3 Å². The maximum Gasteiger partial charge on any atom is 0.252 e. The lowest BCUT2D eigenvalue weighted by molar-refractivity contribution is -0.118. The van der Waals surface area contributed by atoms with Gasteiger partial charge in [0.05, 0.1) is 6.61 Å². The van der Waals surface area contributed by atoms with E-state index in [1.165, 1.54) is 35.9 Å². The number of amides is 2. The SMILES string of the molecule is O=C(NC(CO)C(=O)Nc1nccs1)c1ccncc1. The van der Waals surface area contributed by atoms with Gasteiger partial charge in [-0.1, -0.05) is 0 Å². The van der Waals surface area contributed by atoms with Crippen molar-refractivity contribution in [3.8, 4) is 0 Å². The van der Waals surface area contributed by atoms with Crippen LogP contribution in [0.25, 0.3) is 0 Å². The average Bonchev–Trinajstić information content (AvgIpc) is 2.98. The van der Waals surface area contributed by atoms with Crippen molar-refractivity contribution in [3.63, 3.8) is 0 Å². The third kappa shape index (κ3) is 3.59. The number of carbonyl (C=O) groups excluding carboxylic acids is 2. The van der Waals surface area contributed by atoms with E-state index in [9.17, 15) is 14.7 Å². The minimum absolute atomic E-state index is 0.362. The summed E-state index contributed by atoms with van der Waals surface area (Å²) in [5, 5.41) is 16.3. The van der Waals surface area contributed by atoms with Gasteiger partial charge < -0.3 is 15.7 Å². The molecule has 2 rings (SSSR count). The molecular formula is C12H12N4O3S. The molecule has 0 aliphatic heterocycles. The monoisotopic (exact) mass is 292 g/mol. The summed E-state index contributed by atoms with van der Waals surface area (Å²) < 4.78 is 0. The lowest BCUT2D eigenvalue weighted by atomic mass is 10.2. The molecule has 104 valence electrons. The molecule has 0 aromatic carbocycles. The molecule has 0 aliphatic carbocycles. The molecule has 2 amide bonds. The third-order valence-electron chi connectivity index (χ3n) is 2.41. The summed E-state index contributed by atoms with van der Waals surface area (Å²) in [6.45, 7) is -0.506. The van der Waals surface area contributed by atoms with Crippen LogP contribution in [0.15, 0.2) is 36.1 Å². The molecule has 2 aromatic heterocycles. The van der Waals surface area contributed by atoms with Crippen molar-refractivity contribution in [3.05, 3.63) is 41.7 Å². The van der Waals surface area contributed by atoms with E-state index in [4.69, 9.17) is 0 Å². The average molecular weight is 292 g/mol. The summed E-state index contributed by atoms with van der Waals surface area (Å²) in [7, 11) is 0. The first kappa shape index (κ1) is 14.1. The Morgan fingerprint density at radius 3 is 2.65 bits per heavy atom. The molecule has 0 bridgehead atoms. The predicted octanol–water partition coefficient (Wildman–Crippen LogP) is 0.267. The van der Waals surface area contributed by atoms with Crippen LogP contribution in [-0.4, -0.2) is 39.5 Å². The van der Waals surface area contributed by atoms with Crippen LogP contribution in [0.3, 0.4) is 0 Å². The summed E-state index contributed by atoms with van der Waals surface area (Å²) >= 11 is 1.25. The fraction of sp³-hybridized carbons (Fsp3) is 0.167. The number of carbonyl (C=O) groups is 2. The standard InChI is InChI=1S/C12H12N4O3S/c17-7-9(11(19)16-12-14-5-6-20-12)15-10(18)8-1-3-13-4-2-8/h1-6,9,17H,7H2,(H,15,18)(H,14,16,19). The molecule has 8 heteroatoms. The number of aliphatic hydroxyl groups excluding tert-OH is 1. The van der Waals surface area contributed by atoms with Crippen LogP contribution in [0.2, 0.25) is 0 Å². The summed E-state index contributed by atoms with van der Waals surface area (Å²) in [4.78, 5) is 31.4. The van der Waals surface area contributed by atoms with Gasteiger partial charge >= 0.3 is 0 Å². The van der Waals surface area contributed by atoms with Crippen LogP contribution < -0.4 is 10.6 Å². The summed E-state index contributed by atoms with van der Waals surface area (Å²) in [6.07, 6.45) is 4.49. The van der Waals surface area contributed by atoms with Crippen molar-refractivity contribution in [1.82, 2.24) is 15.3 Å². The number of thiazole rings is 1. The van der Waals surface area contributed by atoms with Crippen LogP contribution in [0, 0.1) is 0 Å². The number of nitrogens with zero attached hydrogens (tertiary/aromatic N) is 2. The fourth-order valence-electron chi connectivity index (χ4n) is 1.42. The van der Waals surface area contributed by atoms with E-state index in [0.717, 1.165) is 0 Å². The number of rotatable bonds is 5. The van der Waals surface area contributed by atoms with E-state index >= 15 is 0 Å². The number of hydrogen-bond acceptors (Lipinski definition) is 6. The van der Waals surface area contributed by atoms with Crippen molar-refractivity contribution in [1.29, 1.82) is 0 Å². The second-order valence-corrected chi connectivity index (χ2v) is 4.67. The van der Waals surface area contributed by atoms with Crippen molar-refractivity contribution < 1.29 is 14.7 Å². The van der Waals surface area contributed by atoms with Crippen LogP contribution >= 0.6 is 11.3 Å². The van der Waals surface area contributed by atoms with Crippen molar-refractivity contribution >= 4 is 28.3 Å². The number of aromatic nitrogens is 2. The third-order valence-corrected chi connectivity index (χ3v) is 3.10. The van der Waals surface area contributed by atoms with Gasteiger partial charge in [-0.05, 0) is 12.1 Å². The first-order valence-corrected chi connectivity index (χ1v) is 6.61. The van der Waals surface area contributed by atoms with Crippen LogP contribution in [-0.2, 0) is 4.79 Å². The molecule has 0 saturated carbocycles. The number of anilines is 1. The molecule has 1 unspecified atom stereocenters. The maximum absolute atomic E-state index is 11.9. The van der Waals surface area contributed by atoms with E-state index in [-0.39, 0.29) is 0 Å². The largest absolute Gasteiger partial charge is 0.394 e. The molecule has 3 N–H and O–H groups in total. The zero-order chi connectivity index (χ0) is 14.4. The molecule has 20 heavy (non-hydrogen) atoms. The summed E-state index contributed by atoms with van der Waals surface area (Å²) in [5.41, 5.74) is 0.362. The Labute approximate surface area is 118 Å². The van der Waals surface area contributed by atoms with Gasteiger partial charge in [-0.2, -0.15) is 0 Å². The van der Waals surface area contributed by atoms with E-state index in [1.54, 1.807) is 11.6 Å². The van der Waals surface area contributed by atoms with E-state index in [1.807, 2.05) is 0 Å². The van der Waals surface area contributed by atoms with Gasteiger partial charge in [0.15, 0.2) is 5.13 Å². The maximum atomic E-state index is 11.9. The summed E-state index contributed by atoms with van der Waals surface area (Å²) in [6, 6.07) is 1.99. The molecule has 1 atom stereocenters. The van der Waals surface area contributed by atoms with Crippen LogP contribution in [0.5, 0.6) is 0 Å². The Morgan fingerprint density at radius 2 is 2.05 bits per heavy atom. The molecule has 0 fully saturated rings.